The average molecular weight is 266 g/mol. The van der Waals surface area contributed by atoms with Crippen molar-refractivity contribution in [3.05, 3.63) is 23.8 Å². The van der Waals surface area contributed by atoms with Gasteiger partial charge >= 0.3 is 0 Å². The second-order valence-electron chi connectivity index (χ2n) is 4.98. The Labute approximate surface area is 112 Å². The van der Waals surface area contributed by atoms with E-state index in [4.69, 9.17) is 5.73 Å². The Bertz CT molecular complexity index is 428. The van der Waals surface area contributed by atoms with Crippen LogP contribution in [0.25, 0.3) is 0 Å². The molecule has 1 aliphatic rings. The topological polar surface area (TPSA) is 46.3 Å². The van der Waals surface area contributed by atoms with E-state index >= 15 is 0 Å². The largest absolute Gasteiger partial charge is 0.399 e. The summed E-state index contributed by atoms with van der Waals surface area (Å²) in [7, 11) is -0.912. The van der Waals surface area contributed by atoms with E-state index in [0.29, 0.717) is 5.69 Å². The zero-order valence-corrected chi connectivity index (χ0v) is 11.8. The number of nitrogens with zero attached hydrogens (tertiary/aromatic N) is 1. The molecule has 2 rings (SSSR count). The zero-order chi connectivity index (χ0) is 13.0. The molecule has 1 fully saturated rings. The maximum absolute atomic E-state index is 12.2. The lowest BCUT2D eigenvalue weighted by Crippen LogP contribution is -2.21. The van der Waals surface area contributed by atoms with E-state index in [2.05, 4.69) is 4.90 Å². The van der Waals surface area contributed by atoms with Gasteiger partial charge in [0.25, 0.3) is 0 Å². The van der Waals surface area contributed by atoms with Crippen LogP contribution in [-0.4, -0.2) is 34.5 Å². The van der Waals surface area contributed by atoms with Crippen LogP contribution < -0.4 is 5.73 Å². The highest BCUT2D eigenvalue weighted by molar-refractivity contribution is 7.85. The van der Waals surface area contributed by atoms with Gasteiger partial charge in [-0.1, -0.05) is 6.07 Å². The van der Waals surface area contributed by atoms with Gasteiger partial charge in [-0.2, -0.15) is 0 Å². The van der Waals surface area contributed by atoms with Gasteiger partial charge in [0.2, 0.25) is 0 Å². The van der Waals surface area contributed by atoms with Gasteiger partial charge in [0, 0.05) is 16.3 Å². The lowest BCUT2D eigenvalue weighted by Gasteiger charge is -2.14. The summed E-state index contributed by atoms with van der Waals surface area (Å²) in [6, 6.07) is 5.66. The third-order valence-electron chi connectivity index (χ3n) is 3.46. The molecule has 0 aromatic heterocycles. The lowest BCUT2D eigenvalue weighted by atomic mass is 10.2. The minimum Gasteiger partial charge on any atom is -0.399 e. The molecule has 0 spiro atoms. The summed E-state index contributed by atoms with van der Waals surface area (Å²) >= 11 is 0. The number of hydrogen-bond acceptors (Lipinski definition) is 3. The van der Waals surface area contributed by atoms with Crippen LogP contribution in [0.3, 0.4) is 0 Å². The van der Waals surface area contributed by atoms with Crippen molar-refractivity contribution in [2.45, 2.75) is 31.1 Å². The Kier molecular flexibility index (Phi) is 4.78. The van der Waals surface area contributed by atoms with Crippen molar-refractivity contribution >= 4 is 16.5 Å². The summed E-state index contributed by atoms with van der Waals surface area (Å²) in [5, 5.41) is 0. The number of nitrogen functional groups attached to an aromatic ring is 1. The van der Waals surface area contributed by atoms with Gasteiger partial charge in [0.05, 0.1) is 10.8 Å². The summed E-state index contributed by atoms with van der Waals surface area (Å²) in [4.78, 5) is 3.36. The second-order valence-corrected chi connectivity index (χ2v) is 6.52. The van der Waals surface area contributed by atoms with Gasteiger partial charge in [0.15, 0.2) is 0 Å². The third-order valence-corrected chi connectivity index (χ3v) is 5.05. The van der Waals surface area contributed by atoms with Crippen molar-refractivity contribution in [2.75, 3.05) is 31.1 Å². The molecule has 3 nitrogen and oxygen atoms in total. The van der Waals surface area contributed by atoms with Crippen molar-refractivity contribution < 1.29 is 4.21 Å². The average Bonchev–Trinajstić information content (AvgIpc) is 2.85. The van der Waals surface area contributed by atoms with E-state index in [9.17, 15) is 4.21 Å². The Morgan fingerprint density at radius 1 is 1.33 bits per heavy atom. The summed E-state index contributed by atoms with van der Waals surface area (Å²) in [5.41, 5.74) is 7.52. The molecule has 1 aromatic rings. The lowest BCUT2D eigenvalue weighted by molar-refractivity contribution is 0.340. The second kappa shape index (κ2) is 6.34. The van der Waals surface area contributed by atoms with Crippen LogP contribution in [0.1, 0.15) is 24.8 Å². The first kappa shape index (κ1) is 13.6. The first-order valence-corrected chi connectivity index (χ1v) is 7.95. The third kappa shape index (κ3) is 3.56. The number of likely N-dealkylation sites (tertiary alicyclic amines) is 1. The first-order chi connectivity index (χ1) is 8.66. The molecule has 0 saturated carbocycles. The molecule has 0 amide bonds. The van der Waals surface area contributed by atoms with Crippen LogP contribution in [-0.2, 0) is 10.8 Å². The van der Waals surface area contributed by atoms with Gasteiger partial charge in [-0.05, 0) is 63.5 Å². The molecular weight excluding hydrogens is 244 g/mol. The molecule has 18 heavy (non-hydrogen) atoms. The molecule has 0 bridgehead atoms. The van der Waals surface area contributed by atoms with Crippen LogP contribution in [0.4, 0.5) is 5.69 Å². The molecule has 100 valence electrons. The zero-order valence-electron chi connectivity index (χ0n) is 11.0. The fourth-order valence-electron chi connectivity index (χ4n) is 2.40. The maximum Gasteiger partial charge on any atom is 0.0533 e. The van der Waals surface area contributed by atoms with E-state index in [1.807, 2.05) is 25.1 Å². The molecule has 1 aliphatic heterocycles. The SMILES string of the molecule is Cc1ccc(N)cc1S(=O)CCCN1CCCC1. The number of rotatable bonds is 5. The predicted molar refractivity (Wildman–Crippen MR) is 77.2 cm³/mol. The molecule has 1 saturated heterocycles. The predicted octanol–water partition coefficient (Wildman–Crippen LogP) is 2.17. The molecule has 1 unspecified atom stereocenters. The Morgan fingerprint density at radius 2 is 2.06 bits per heavy atom. The van der Waals surface area contributed by atoms with Gasteiger partial charge in [-0.15, -0.1) is 0 Å². The number of benzene rings is 1. The van der Waals surface area contributed by atoms with Gasteiger partial charge in [-0.25, -0.2) is 0 Å². The summed E-state index contributed by atoms with van der Waals surface area (Å²) < 4.78 is 12.2. The van der Waals surface area contributed by atoms with Crippen molar-refractivity contribution in [3.8, 4) is 0 Å². The molecule has 1 heterocycles. The molecule has 0 aliphatic carbocycles. The quantitative estimate of drug-likeness (QED) is 0.831. The summed E-state index contributed by atoms with van der Waals surface area (Å²) in [6.45, 7) is 5.49. The van der Waals surface area contributed by atoms with Gasteiger partial charge in [-0.3, -0.25) is 4.21 Å². The number of aryl methyl sites for hydroxylation is 1. The van der Waals surface area contributed by atoms with Crippen LogP contribution >= 0.6 is 0 Å². The molecule has 0 radical (unpaired) electrons. The molecular formula is C14H22N2OS. The maximum atomic E-state index is 12.2. The van der Waals surface area contributed by atoms with Crippen molar-refractivity contribution in [2.24, 2.45) is 0 Å². The van der Waals surface area contributed by atoms with Crippen LogP contribution in [0.5, 0.6) is 0 Å². The van der Waals surface area contributed by atoms with E-state index < -0.39 is 10.8 Å². The fourth-order valence-corrected chi connectivity index (χ4v) is 3.70. The van der Waals surface area contributed by atoms with Crippen molar-refractivity contribution in [1.82, 2.24) is 4.90 Å². The Morgan fingerprint density at radius 3 is 2.78 bits per heavy atom. The van der Waals surface area contributed by atoms with Crippen molar-refractivity contribution in [1.29, 1.82) is 0 Å². The monoisotopic (exact) mass is 266 g/mol. The number of nitrogens with two attached hydrogens (primary N) is 1. The van der Waals surface area contributed by atoms with Gasteiger partial charge < -0.3 is 10.6 Å². The Balaban J connectivity index is 1.85. The normalized spacial score (nSPS) is 18.1. The fraction of sp³-hybridized carbons (Fsp3) is 0.571. The minimum absolute atomic E-state index is 0.698. The number of anilines is 1. The van der Waals surface area contributed by atoms with Crippen LogP contribution in [0, 0.1) is 6.92 Å². The van der Waals surface area contributed by atoms with E-state index in [-0.39, 0.29) is 0 Å². The highest BCUT2D eigenvalue weighted by Gasteiger charge is 2.12. The first-order valence-electron chi connectivity index (χ1n) is 6.63. The summed E-state index contributed by atoms with van der Waals surface area (Å²) in [5.74, 6) is 0.737. The number of hydrogen-bond donors (Lipinski definition) is 1. The van der Waals surface area contributed by atoms with E-state index in [1.165, 1.54) is 25.9 Å². The smallest absolute Gasteiger partial charge is 0.0533 e. The highest BCUT2D eigenvalue weighted by atomic mass is 32.2. The van der Waals surface area contributed by atoms with Crippen LogP contribution in [0.2, 0.25) is 0 Å². The van der Waals surface area contributed by atoms with Crippen LogP contribution in [0.15, 0.2) is 23.1 Å². The van der Waals surface area contributed by atoms with E-state index in [1.54, 1.807) is 0 Å². The van der Waals surface area contributed by atoms with Gasteiger partial charge in [0.1, 0.15) is 0 Å². The Hall–Kier alpha value is -0.870. The minimum atomic E-state index is -0.912. The molecule has 4 heteroatoms. The summed E-state index contributed by atoms with van der Waals surface area (Å²) in [6.07, 6.45) is 3.63. The standard InChI is InChI=1S/C14H22N2OS/c1-12-5-6-13(15)11-14(12)18(17)10-4-9-16-7-2-3-8-16/h5-6,11H,2-4,7-10,15H2,1H3. The molecule has 1 atom stereocenters. The highest BCUT2D eigenvalue weighted by Crippen LogP contribution is 2.17. The van der Waals surface area contributed by atoms with E-state index in [0.717, 1.165) is 29.2 Å². The molecule has 1 aromatic carbocycles. The van der Waals surface area contributed by atoms with Crippen molar-refractivity contribution in [3.63, 3.8) is 0 Å². The molecule has 2 N–H and O–H groups in total.